The summed E-state index contributed by atoms with van der Waals surface area (Å²) in [5, 5.41) is 10.3. The maximum absolute atomic E-state index is 10.3. The second-order valence-electron chi connectivity index (χ2n) is 2.03. The first kappa shape index (κ1) is 7.53. The summed E-state index contributed by atoms with van der Waals surface area (Å²) >= 11 is 0. The molecule has 4 heteroatoms. The first-order valence-electron chi connectivity index (χ1n) is 3.06. The molecule has 4 nitrogen and oxygen atoms in total. The summed E-state index contributed by atoms with van der Waals surface area (Å²) in [5.74, 6) is 0. The van der Waals surface area contributed by atoms with Gasteiger partial charge in [-0.05, 0) is 0 Å². The highest BCUT2D eigenvalue weighted by molar-refractivity contribution is 5.36. The van der Waals surface area contributed by atoms with Crippen molar-refractivity contribution in [2.24, 2.45) is 0 Å². The van der Waals surface area contributed by atoms with E-state index in [2.05, 4.69) is 11.0 Å². The van der Waals surface area contributed by atoms with E-state index in [1.807, 2.05) is 0 Å². The molecule has 0 saturated heterocycles. The predicted molar refractivity (Wildman–Crippen MR) is 39.3 cm³/mol. The summed E-state index contributed by atoms with van der Waals surface area (Å²) in [5.41, 5.74) is 0.579. The van der Waals surface area contributed by atoms with Crippen LogP contribution in [0, 0.1) is 10.1 Å². The van der Waals surface area contributed by atoms with Crippen LogP contribution in [-0.2, 0) is 6.42 Å². The molecular weight excluding hydrogens is 146 g/mol. The zero-order valence-corrected chi connectivity index (χ0v) is 5.82. The van der Waals surface area contributed by atoms with Crippen molar-refractivity contribution < 1.29 is 9.34 Å². The van der Waals surface area contributed by atoms with Gasteiger partial charge in [-0.15, -0.1) is 6.58 Å². The van der Waals surface area contributed by atoms with Crippen LogP contribution in [0.3, 0.4) is 0 Å². The molecule has 1 aromatic rings. The third-order valence-corrected chi connectivity index (χ3v) is 1.28. The summed E-state index contributed by atoms with van der Waals surface area (Å²) in [7, 11) is 0. The Labute approximate surface area is 63.3 Å². The van der Waals surface area contributed by atoms with Crippen LogP contribution in [0.1, 0.15) is 5.56 Å². The minimum atomic E-state index is -0.470. The van der Waals surface area contributed by atoms with E-state index in [9.17, 15) is 10.1 Å². The molecule has 0 amide bonds. The van der Waals surface area contributed by atoms with E-state index >= 15 is 0 Å². The van der Waals surface area contributed by atoms with Gasteiger partial charge in [0.05, 0.1) is 10.5 Å². The fourth-order valence-electron chi connectivity index (χ4n) is 0.785. The van der Waals surface area contributed by atoms with Crippen molar-refractivity contribution in [3.8, 4) is 0 Å². The Morgan fingerprint density at radius 3 is 3.00 bits per heavy atom. The van der Waals surface area contributed by atoms with Crippen LogP contribution in [0.5, 0.6) is 0 Å². The maximum Gasteiger partial charge on any atom is 0.310 e. The van der Waals surface area contributed by atoms with Gasteiger partial charge < -0.3 is 4.42 Å². The number of hydrogen-bond donors (Lipinski definition) is 0. The standard InChI is InChI=1S/C7H7NO3/c1-2-3-6-4-11-5-7(6)8(9)10/h2,4-5H,1,3H2. The summed E-state index contributed by atoms with van der Waals surface area (Å²) in [6.45, 7) is 3.47. The van der Waals surface area contributed by atoms with Gasteiger partial charge >= 0.3 is 5.69 Å². The minimum absolute atomic E-state index is 0.0184. The van der Waals surface area contributed by atoms with E-state index in [4.69, 9.17) is 0 Å². The topological polar surface area (TPSA) is 56.3 Å². The Kier molecular flexibility index (Phi) is 2.06. The second-order valence-corrected chi connectivity index (χ2v) is 2.03. The molecule has 1 aromatic heterocycles. The van der Waals surface area contributed by atoms with E-state index < -0.39 is 4.92 Å². The minimum Gasteiger partial charge on any atom is -0.465 e. The van der Waals surface area contributed by atoms with Gasteiger partial charge in [0, 0.05) is 6.42 Å². The molecule has 0 aromatic carbocycles. The Morgan fingerprint density at radius 2 is 2.45 bits per heavy atom. The van der Waals surface area contributed by atoms with Crippen LogP contribution >= 0.6 is 0 Å². The molecule has 0 saturated carbocycles. The van der Waals surface area contributed by atoms with Crippen molar-refractivity contribution in [3.63, 3.8) is 0 Å². The van der Waals surface area contributed by atoms with Gasteiger partial charge in [0.1, 0.15) is 6.26 Å². The SMILES string of the molecule is C=CCc1cocc1[N+](=O)[O-]. The lowest BCUT2D eigenvalue weighted by atomic mass is 10.2. The Morgan fingerprint density at radius 1 is 1.73 bits per heavy atom. The van der Waals surface area contributed by atoms with Gasteiger partial charge in [0.2, 0.25) is 0 Å². The molecule has 0 radical (unpaired) electrons. The molecule has 0 unspecified atom stereocenters. The van der Waals surface area contributed by atoms with E-state index in [1.165, 1.54) is 6.26 Å². The normalized spacial score (nSPS) is 9.45. The molecule has 0 aliphatic rings. The average molecular weight is 153 g/mol. The predicted octanol–water partition coefficient (Wildman–Crippen LogP) is 1.92. The first-order chi connectivity index (χ1) is 5.25. The molecule has 0 N–H and O–H groups in total. The first-order valence-corrected chi connectivity index (χ1v) is 3.06. The molecule has 0 aliphatic heterocycles. The van der Waals surface area contributed by atoms with E-state index in [0.717, 1.165) is 6.26 Å². The largest absolute Gasteiger partial charge is 0.465 e. The smallest absolute Gasteiger partial charge is 0.310 e. The van der Waals surface area contributed by atoms with E-state index in [1.54, 1.807) is 6.08 Å². The fraction of sp³-hybridized carbons (Fsp3) is 0.143. The summed E-state index contributed by atoms with van der Waals surface area (Å²) in [6, 6.07) is 0. The zero-order valence-electron chi connectivity index (χ0n) is 5.82. The lowest BCUT2D eigenvalue weighted by Gasteiger charge is -1.87. The quantitative estimate of drug-likeness (QED) is 0.378. The number of hydrogen-bond acceptors (Lipinski definition) is 3. The van der Waals surface area contributed by atoms with Crippen molar-refractivity contribution in [2.45, 2.75) is 6.42 Å². The molecule has 11 heavy (non-hydrogen) atoms. The average Bonchev–Trinajstić information content (AvgIpc) is 2.36. The maximum atomic E-state index is 10.3. The highest BCUT2D eigenvalue weighted by Crippen LogP contribution is 2.19. The Balaban J connectivity index is 2.95. The Hall–Kier alpha value is -1.58. The van der Waals surface area contributed by atoms with Crippen molar-refractivity contribution in [2.75, 3.05) is 0 Å². The number of nitro groups is 1. The Bertz CT molecular complexity index is 277. The molecule has 58 valence electrons. The third kappa shape index (κ3) is 1.46. The molecular formula is C7H7NO3. The lowest BCUT2D eigenvalue weighted by molar-refractivity contribution is -0.385. The van der Waals surface area contributed by atoms with Gasteiger partial charge in [0.15, 0.2) is 6.26 Å². The molecule has 1 rings (SSSR count). The second kappa shape index (κ2) is 3.01. The molecule has 1 heterocycles. The molecule has 0 aliphatic carbocycles. The third-order valence-electron chi connectivity index (χ3n) is 1.28. The number of allylic oxidation sites excluding steroid dienone is 1. The van der Waals surface area contributed by atoms with Gasteiger partial charge in [0.25, 0.3) is 0 Å². The van der Waals surface area contributed by atoms with Crippen LogP contribution in [-0.4, -0.2) is 4.92 Å². The van der Waals surface area contributed by atoms with Crippen LogP contribution in [0.4, 0.5) is 5.69 Å². The van der Waals surface area contributed by atoms with Crippen LogP contribution < -0.4 is 0 Å². The van der Waals surface area contributed by atoms with Crippen molar-refractivity contribution in [1.29, 1.82) is 0 Å². The van der Waals surface area contributed by atoms with Gasteiger partial charge in [-0.1, -0.05) is 6.08 Å². The van der Waals surface area contributed by atoms with Crippen LogP contribution in [0.2, 0.25) is 0 Å². The highest BCUT2D eigenvalue weighted by atomic mass is 16.6. The number of rotatable bonds is 3. The van der Waals surface area contributed by atoms with Crippen LogP contribution in [0.15, 0.2) is 29.6 Å². The van der Waals surface area contributed by atoms with Gasteiger partial charge in [-0.3, -0.25) is 10.1 Å². The fourth-order valence-corrected chi connectivity index (χ4v) is 0.785. The number of nitrogens with zero attached hydrogens (tertiary/aromatic N) is 1. The van der Waals surface area contributed by atoms with Crippen LogP contribution in [0.25, 0.3) is 0 Å². The monoisotopic (exact) mass is 153 g/mol. The van der Waals surface area contributed by atoms with E-state index in [-0.39, 0.29) is 5.69 Å². The molecule has 0 spiro atoms. The van der Waals surface area contributed by atoms with Gasteiger partial charge in [-0.2, -0.15) is 0 Å². The summed E-state index contributed by atoms with van der Waals surface area (Å²) < 4.78 is 4.67. The molecule has 0 bridgehead atoms. The lowest BCUT2D eigenvalue weighted by Crippen LogP contribution is -1.89. The van der Waals surface area contributed by atoms with Crippen molar-refractivity contribution in [1.82, 2.24) is 0 Å². The molecule has 0 fully saturated rings. The summed E-state index contributed by atoms with van der Waals surface area (Å²) in [4.78, 5) is 9.80. The van der Waals surface area contributed by atoms with Crippen molar-refractivity contribution >= 4 is 5.69 Å². The summed E-state index contributed by atoms with van der Waals surface area (Å²) in [6.07, 6.45) is 4.54. The van der Waals surface area contributed by atoms with E-state index in [0.29, 0.717) is 12.0 Å². The van der Waals surface area contributed by atoms with Gasteiger partial charge in [-0.25, -0.2) is 0 Å². The zero-order chi connectivity index (χ0) is 8.27. The van der Waals surface area contributed by atoms with Crippen molar-refractivity contribution in [3.05, 3.63) is 40.9 Å². The number of furan rings is 1. The highest BCUT2D eigenvalue weighted by Gasteiger charge is 2.13. The molecule has 0 atom stereocenters.